The number of ether oxygens (including phenoxy) is 1. The van der Waals surface area contributed by atoms with Gasteiger partial charge in [0.05, 0.1) is 5.56 Å². The van der Waals surface area contributed by atoms with Gasteiger partial charge in [0.15, 0.2) is 0 Å². The quantitative estimate of drug-likeness (QED) is 0.685. The molecule has 0 bridgehead atoms. The summed E-state index contributed by atoms with van der Waals surface area (Å²) in [4.78, 5) is 18.0. The average molecular weight is 428 g/mol. The highest BCUT2D eigenvalue weighted by atomic mass is 32.1. The molecule has 1 aromatic carbocycles. The molecule has 2 aliphatic rings. The van der Waals surface area contributed by atoms with Crippen LogP contribution in [-0.2, 0) is 6.61 Å². The van der Waals surface area contributed by atoms with Crippen molar-refractivity contribution in [1.82, 2.24) is 9.80 Å². The zero-order valence-corrected chi connectivity index (χ0v) is 18.0. The minimum Gasteiger partial charge on any atom is -0.489 e. The van der Waals surface area contributed by atoms with Crippen LogP contribution in [0.25, 0.3) is 0 Å². The molecule has 2 atom stereocenters. The predicted octanol–water partition coefficient (Wildman–Crippen LogP) is 4.43. The molecule has 5 nitrogen and oxygen atoms in total. The third-order valence-electron chi connectivity index (χ3n) is 6.11. The Morgan fingerprint density at radius 1 is 1.30 bits per heavy atom. The van der Waals surface area contributed by atoms with Gasteiger partial charge in [-0.1, -0.05) is 0 Å². The van der Waals surface area contributed by atoms with Gasteiger partial charge in [-0.25, -0.2) is 4.39 Å². The Balaban J connectivity index is 1.40. The van der Waals surface area contributed by atoms with Crippen molar-refractivity contribution in [2.45, 2.75) is 51.3 Å². The summed E-state index contributed by atoms with van der Waals surface area (Å²) in [5.41, 5.74) is 0.971. The van der Waals surface area contributed by atoms with E-state index in [1.54, 1.807) is 12.1 Å². The highest BCUT2D eigenvalue weighted by Gasteiger charge is 2.33. The molecule has 0 radical (unpaired) electrons. The topological polar surface area (TPSA) is 56.6 Å². The second kappa shape index (κ2) is 9.15. The fraction of sp³-hybridized carbons (Fsp3) is 0.478. The lowest BCUT2D eigenvalue weighted by molar-refractivity contribution is 0.0692. The molecular weight excluding hydrogens is 401 g/mol. The first-order valence-corrected chi connectivity index (χ1v) is 11.4. The van der Waals surface area contributed by atoms with Gasteiger partial charge in [0.2, 0.25) is 0 Å². The summed E-state index contributed by atoms with van der Waals surface area (Å²) >= 11 is 1.35. The molecule has 0 spiro atoms. The van der Waals surface area contributed by atoms with Crippen molar-refractivity contribution in [3.63, 3.8) is 0 Å². The Morgan fingerprint density at radius 3 is 2.83 bits per heavy atom. The molecule has 3 heterocycles. The number of hydrogen-bond donors (Lipinski definition) is 0. The number of halogens is 1. The van der Waals surface area contributed by atoms with Crippen molar-refractivity contribution in [2.24, 2.45) is 0 Å². The van der Waals surface area contributed by atoms with Crippen LogP contribution in [-0.4, -0.2) is 47.4 Å². The van der Waals surface area contributed by atoms with Crippen LogP contribution in [0.5, 0.6) is 5.75 Å². The summed E-state index contributed by atoms with van der Waals surface area (Å²) in [5, 5.41) is 10.7. The van der Waals surface area contributed by atoms with E-state index < -0.39 is 5.82 Å². The minimum atomic E-state index is -0.555. The molecule has 2 fully saturated rings. The normalized spacial score (nSPS) is 21.7. The molecule has 2 unspecified atom stereocenters. The number of carbonyl (C=O) groups excluding carboxylic acids is 1. The van der Waals surface area contributed by atoms with Crippen LogP contribution in [0.15, 0.2) is 29.6 Å². The third kappa shape index (κ3) is 4.50. The zero-order valence-electron chi connectivity index (χ0n) is 17.1. The SMILES string of the molecule is CC1CCCN1CC1CCCN1C(=O)c1ccc(OCc2csc(C#N)c2)cc1F. The number of nitrogens with zero attached hydrogens (tertiary/aromatic N) is 3. The molecule has 30 heavy (non-hydrogen) atoms. The van der Waals surface area contributed by atoms with Crippen LogP contribution in [0.1, 0.15) is 53.4 Å². The highest BCUT2D eigenvalue weighted by Crippen LogP contribution is 2.27. The summed E-state index contributed by atoms with van der Waals surface area (Å²) in [5.74, 6) is -0.414. The summed E-state index contributed by atoms with van der Waals surface area (Å²) < 4.78 is 20.4. The number of hydrogen-bond acceptors (Lipinski definition) is 5. The third-order valence-corrected chi connectivity index (χ3v) is 7.00. The van der Waals surface area contributed by atoms with Gasteiger partial charge >= 0.3 is 0 Å². The van der Waals surface area contributed by atoms with Gasteiger partial charge in [-0.2, -0.15) is 5.26 Å². The molecule has 0 saturated carbocycles. The Kier molecular flexibility index (Phi) is 6.35. The van der Waals surface area contributed by atoms with E-state index in [0.717, 1.165) is 31.5 Å². The van der Waals surface area contributed by atoms with Crippen LogP contribution in [0, 0.1) is 17.1 Å². The number of carbonyl (C=O) groups is 1. The fourth-order valence-electron chi connectivity index (χ4n) is 4.42. The van der Waals surface area contributed by atoms with E-state index in [4.69, 9.17) is 10.00 Å². The number of benzene rings is 1. The van der Waals surface area contributed by atoms with Crippen molar-refractivity contribution in [3.8, 4) is 11.8 Å². The maximum atomic E-state index is 14.8. The summed E-state index contributed by atoms with van der Waals surface area (Å²) in [6, 6.07) is 9.00. The molecule has 2 aliphatic heterocycles. The minimum absolute atomic E-state index is 0.103. The van der Waals surface area contributed by atoms with Crippen LogP contribution >= 0.6 is 11.3 Å². The Hall–Kier alpha value is -2.43. The van der Waals surface area contributed by atoms with Crippen molar-refractivity contribution in [2.75, 3.05) is 19.6 Å². The fourth-order valence-corrected chi connectivity index (χ4v) is 5.10. The smallest absolute Gasteiger partial charge is 0.257 e. The number of amides is 1. The van der Waals surface area contributed by atoms with E-state index in [-0.39, 0.29) is 24.1 Å². The van der Waals surface area contributed by atoms with Gasteiger partial charge in [-0.3, -0.25) is 9.69 Å². The maximum absolute atomic E-state index is 14.8. The van der Waals surface area contributed by atoms with Gasteiger partial charge < -0.3 is 9.64 Å². The largest absolute Gasteiger partial charge is 0.489 e. The predicted molar refractivity (Wildman–Crippen MR) is 114 cm³/mol. The number of rotatable bonds is 6. The lowest BCUT2D eigenvalue weighted by atomic mass is 10.1. The number of nitriles is 1. The molecular formula is C23H26FN3O2S. The Morgan fingerprint density at radius 2 is 2.13 bits per heavy atom. The number of likely N-dealkylation sites (tertiary alicyclic amines) is 2. The van der Waals surface area contributed by atoms with Crippen LogP contribution in [0.4, 0.5) is 4.39 Å². The molecule has 4 rings (SSSR count). The van der Waals surface area contributed by atoms with E-state index in [2.05, 4.69) is 17.9 Å². The average Bonchev–Trinajstić information content (AvgIpc) is 3.48. The van der Waals surface area contributed by atoms with Crippen LogP contribution in [0.3, 0.4) is 0 Å². The van der Waals surface area contributed by atoms with Crippen LogP contribution in [0.2, 0.25) is 0 Å². The molecule has 1 aromatic heterocycles. The van der Waals surface area contributed by atoms with Crippen molar-refractivity contribution in [3.05, 3.63) is 51.5 Å². The molecule has 2 aromatic rings. The maximum Gasteiger partial charge on any atom is 0.257 e. The standard InChI is InChI=1S/C23H26FN3O2S/c1-16-4-2-8-26(16)13-18-5-3-9-27(18)23(28)21-7-6-19(11-22(21)24)29-14-17-10-20(12-25)30-15-17/h6-7,10-11,15-16,18H,2-5,8-9,13-14H2,1H3. The molecule has 158 valence electrons. The highest BCUT2D eigenvalue weighted by molar-refractivity contribution is 7.10. The molecule has 1 amide bonds. The van der Waals surface area contributed by atoms with Gasteiger partial charge in [-0.05, 0) is 62.7 Å². The summed E-state index contributed by atoms with van der Waals surface area (Å²) in [6.45, 7) is 5.14. The zero-order chi connectivity index (χ0) is 21.1. The van der Waals surface area contributed by atoms with Crippen molar-refractivity contribution < 1.29 is 13.9 Å². The Labute approximate surface area is 180 Å². The van der Waals surface area contributed by atoms with Crippen molar-refractivity contribution >= 4 is 17.2 Å². The lowest BCUT2D eigenvalue weighted by Gasteiger charge is -2.31. The van der Waals surface area contributed by atoms with E-state index >= 15 is 0 Å². The number of thiophene rings is 1. The van der Waals surface area contributed by atoms with E-state index in [1.165, 1.54) is 36.3 Å². The second-order valence-electron chi connectivity index (χ2n) is 8.14. The summed E-state index contributed by atoms with van der Waals surface area (Å²) in [7, 11) is 0. The monoisotopic (exact) mass is 427 g/mol. The van der Waals surface area contributed by atoms with Crippen LogP contribution < -0.4 is 4.74 Å². The Bertz CT molecular complexity index is 954. The second-order valence-corrected chi connectivity index (χ2v) is 9.05. The van der Waals surface area contributed by atoms with Gasteiger partial charge in [-0.15, -0.1) is 11.3 Å². The molecule has 2 saturated heterocycles. The first-order chi connectivity index (χ1) is 14.5. The van der Waals surface area contributed by atoms with E-state index in [0.29, 0.717) is 23.2 Å². The summed E-state index contributed by atoms with van der Waals surface area (Å²) in [6.07, 6.45) is 4.36. The van der Waals surface area contributed by atoms with Gasteiger partial charge in [0.25, 0.3) is 5.91 Å². The van der Waals surface area contributed by atoms with Crippen molar-refractivity contribution in [1.29, 1.82) is 5.26 Å². The lowest BCUT2D eigenvalue weighted by Crippen LogP contribution is -2.44. The van der Waals surface area contributed by atoms with Gasteiger partial charge in [0.1, 0.15) is 29.1 Å². The molecule has 0 aliphatic carbocycles. The van der Waals surface area contributed by atoms with E-state index in [9.17, 15) is 9.18 Å². The van der Waals surface area contributed by atoms with E-state index in [1.807, 2.05) is 10.3 Å². The molecule has 7 heteroatoms. The van der Waals surface area contributed by atoms with Gasteiger partial charge in [0, 0.05) is 36.8 Å². The first kappa shape index (κ1) is 20.8. The molecule has 0 N–H and O–H groups in total. The first-order valence-electron chi connectivity index (χ1n) is 10.5.